The molecule has 0 rings (SSSR count). The molecule has 0 saturated heterocycles. The van der Waals surface area contributed by atoms with Crippen LogP contribution < -0.4 is 0 Å². The summed E-state index contributed by atoms with van der Waals surface area (Å²) in [5.41, 5.74) is 0. The van der Waals surface area contributed by atoms with E-state index in [-0.39, 0.29) is 26.2 Å². The maximum absolute atomic E-state index is 10.6. The Bertz CT molecular complexity index is 361. The van der Waals surface area contributed by atoms with Gasteiger partial charge in [-0.25, -0.2) is 0 Å². The Morgan fingerprint density at radius 3 is 1.41 bits per heavy atom. The summed E-state index contributed by atoms with van der Waals surface area (Å²) in [6.45, 7) is 12.0. The van der Waals surface area contributed by atoms with Gasteiger partial charge in [0.15, 0.2) is 0 Å². The molecule has 0 aromatic carbocycles. The normalized spacial score (nSPS) is 10.8. The standard InChI is InChI=1S/C16H31NO8.C4H10/c1-2-3-5-22-7-9-24-11-12-25-10-8-23-6-4-17(13-15(18)19)14-16(20)21;1-4(2)3/h2-14H2,1H3,(H,18,19)(H,20,21);4H,1-3H3. The molecule has 0 amide bonds. The number of hydrogen-bond acceptors (Lipinski definition) is 7. The number of rotatable bonds is 19. The molecule has 29 heavy (non-hydrogen) atoms. The van der Waals surface area contributed by atoms with Crippen molar-refractivity contribution >= 4 is 11.9 Å². The van der Waals surface area contributed by atoms with Gasteiger partial charge in [-0.15, -0.1) is 0 Å². The Morgan fingerprint density at radius 1 is 0.724 bits per heavy atom. The molecule has 0 aliphatic carbocycles. The molecule has 0 aromatic heterocycles. The fourth-order valence-corrected chi connectivity index (χ4v) is 1.80. The average Bonchev–Trinajstić information content (AvgIpc) is 2.60. The minimum atomic E-state index is -1.07. The van der Waals surface area contributed by atoms with Gasteiger partial charge in [0, 0.05) is 13.2 Å². The van der Waals surface area contributed by atoms with Crippen molar-refractivity contribution in [1.82, 2.24) is 4.90 Å². The highest BCUT2D eigenvalue weighted by molar-refractivity contribution is 5.72. The third-order valence-electron chi connectivity index (χ3n) is 3.03. The molecule has 0 aliphatic heterocycles. The first-order valence-electron chi connectivity index (χ1n) is 10.3. The largest absolute Gasteiger partial charge is 0.480 e. The second-order valence-electron chi connectivity index (χ2n) is 7.03. The maximum atomic E-state index is 10.6. The zero-order valence-corrected chi connectivity index (χ0v) is 18.6. The molecule has 0 heterocycles. The molecule has 0 bridgehead atoms. The van der Waals surface area contributed by atoms with Crippen molar-refractivity contribution < 1.29 is 38.7 Å². The van der Waals surface area contributed by atoms with E-state index in [1.165, 1.54) is 4.90 Å². The summed E-state index contributed by atoms with van der Waals surface area (Å²) in [6.07, 6.45) is 2.18. The minimum absolute atomic E-state index is 0.236. The van der Waals surface area contributed by atoms with Crippen LogP contribution in [-0.2, 0) is 28.5 Å². The van der Waals surface area contributed by atoms with E-state index in [1.807, 2.05) is 0 Å². The molecule has 0 radical (unpaired) electrons. The van der Waals surface area contributed by atoms with Crippen molar-refractivity contribution in [2.24, 2.45) is 5.92 Å². The monoisotopic (exact) mass is 423 g/mol. The summed E-state index contributed by atoms with van der Waals surface area (Å²) in [5.74, 6) is -1.30. The number of carboxylic acid groups (broad SMARTS) is 2. The highest BCUT2D eigenvalue weighted by atomic mass is 16.6. The van der Waals surface area contributed by atoms with Gasteiger partial charge in [-0.3, -0.25) is 14.5 Å². The summed E-state index contributed by atoms with van der Waals surface area (Å²) in [7, 11) is 0. The Balaban J connectivity index is 0. The lowest BCUT2D eigenvalue weighted by Crippen LogP contribution is -2.37. The first-order chi connectivity index (χ1) is 13.8. The molecule has 9 heteroatoms. The number of nitrogens with zero attached hydrogens (tertiary/aromatic N) is 1. The summed E-state index contributed by atoms with van der Waals surface area (Å²) in [5, 5.41) is 17.4. The van der Waals surface area contributed by atoms with Crippen LogP contribution in [0.25, 0.3) is 0 Å². The molecule has 0 fully saturated rings. The lowest BCUT2D eigenvalue weighted by atomic mass is 10.3. The molecule has 0 aliphatic rings. The summed E-state index contributed by atoms with van der Waals surface area (Å²) in [6, 6.07) is 0. The van der Waals surface area contributed by atoms with E-state index in [9.17, 15) is 9.59 Å². The van der Waals surface area contributed by atoms with Crippen LogP contribution >= 0.6 is 0 Å². The maximum Gasteiger partial charge on any atom is 0.317 e. The lowest BCUT2D eigenvalue weighted by Gasteiger charge is -2.17. The van der Waals surface area contributed by atoms with Gasteiger partial charge in [0.2, 0.25) is 0 Å². The number of ether oxygens (including phenoxy) is 4. The van der Waals surface area contributed by atoms with Gasteiger partial charge in [0.25, 0.3) is 0 Å². The Morgan fingerprint density at radius 2 is 1.07 bits per heavy atom. The van der Waals surface area contributed by atoms with Gasteiger partial charge in [0.05, 0.1) is 59.3 Å². The molecular formula is C20H41NO8. The van der Waals surface area contributed by atoms with Gasteiger partial charge >= 0.3 is 11.9 Å². The first kappa shape index (κ1) is 29.9. The van der Waals surface area contributed by atoms with Crippen molar-refractivity contribution in [3.05, 3.63) is 0 Å². The van der Waals surface area contributed by atoms with E-state index in [4.69, 9.17) is 29.2 Å². The zero-order valence-electron chi connectivity index (χ0n) is 18.6. The molecule has 0 saturated carbocycles. The summed E-state index contributed by atoms with van der Waals surface area (Å²) < 4.78 is 21.3. The fourth-order valence-electron chi connectivity index (χ4n) is 1.80. The van der Waals surface area contributed by atoms with Crippen molar-refractivity contribution in [2.75, 3.05) is 72.5 Å². The van der Waals surface area contributed by atoms with Crippen LogP contribution in [0.4, 0.5) is 0 Å². The summed E-state index contributed by atoms with van der Waals surface area (Å²) >= 11 is 0. The van der Waals surface area contributed by atoms with E-state index < -0.39 is 11.9 Å². The van der Waals surface area contributed by atoms with Gasteiger partial charge < -0.3 is 29.2 Å². The van der Waals surface area contributed by atoms with E-state index >= 15 is 0 Å². The third-order valence-corrected chi connectivity index (χ3v) is 3.03. The predicted molar refractivity (Wildman–Crippen MR) is 110 cm³/mol. The Labute approximate surface area is 175 Å². The van der Waals surface area contributed by atoms with Crippen molar-refractivity contribution in [1.29, 1.82) is 0 Å². The highest BCUT2D eigenvalue weighted by Crippen LogP contribution is 1.90. The van der Waals surface area contributed by atoms with Gasteiger partial charge in [0.1, 0.15) is 0 Å². The SMILES string of the molecule is CC(C)C.CCCCOCCOCCOCCOCCN(CC(=O)O)CC(=O)O. The molecule has 9 nitrogen and oxygen atoms in total. The van der Waals surface area contributed by atoms with Gasteiger partial charge in [-0.2, -0.15) is 0 Å². The fraction of sp³-hybridized carbons (Fsp3) is 0.900. The van der Waals surface area contributed by atoms with E-state index in [1.54, 1.807) is 0 Å². The lowest BCUT2D eigenvalue weighted by molar-refractivity contribution is -0.142. The topological polar surface area (TPSA) is 115 Å². The van der Waals surface area contributed by atoms with Crippen LogP contribution in [0.5, 0.6) is 0 Å². The van der Waals surface area contributed by atoms with E-state index in [2.05, 4.69) is 27.7 Å². The number of carboxylic acids is 2. The van der Waals surface area contributed by atoms with Crippen LogP contribution in [0.15, 0.2) is 0 Å². The van der Waals surface area contributed by atoms with Crippen molar-refractivity contribution in [3.8, 4) is 0 Å². The van der Waals surface area contributed by atoms with E-state index in [0.717, 1.165) is 25.4 Å². The van der Waals surface area contributed by atoms with E-state index in [0.29, 0.717) is 39.6 Å². The molecule has 0 spiro atoms. The Hall–Kier alpha value is -1.26. The predicted octanol–water partition coefficient (Wildman–Crippen LogP) is 1.99. The number of unbranched alkanes of at least 4 members (excludes halogenated alkanes) is 1. The number of carbonyl (C=O) groups is 2. The molecule has 174 valence electrons. The van der Waals surface area contributed by atoms with Crippen LogP contribution in [0.2, 0.25) is 0 Å². The average molecular weight is 424 g/mol. The first-order valence-corrected chi connectivity index (χ1v) is 10.3. The molecule has 0 aromatic rings. The summed E-state index contributed by atoms with van der Waals surface area (Å²) in [4.78, 5) is 22.5. The van der Waals surface area contributed by atoms with Crippen LogP contribution in [0, 0.1) is 5.92 Å². The zero-order chi connectivity index (χ0) is 22.3. The van der Waals surface area contributed by atoms with Crippen LogP contribution in [0.3, 0.4) is 0 Å². The molecular weight excluding hydrogens is 382 g/mol. The molecule has 2 N–H and O–H groups in total. The van der Waals surface area contributed by atoms with Crippen LogP contribution in [-0.4, -0.2) is 99.5 Å². The third kappa shape index (κ3) is 31.7. The Kier molecular flexibility index (Phi) is 23.8. The number of hydrogen-bond donors (Lipinski definition) is 2. The molecule has 0 atom stereocenters. The van der Waals surface area contributed by atoms with Gasteiger partial charge in [-0.05, 0) is 12.3 Å². The van der Waals surface area contributed by atoms with Crippen molar-refractivity contribution in [2.45, 2.75) is 40.5 Å². The van der Waals surface area contributed by atoms with Crippen molar-refractivity contribution in [3.63, 3.8) is 0 Å². The highest BCUT2D eigenvalue weighted by Gasteiger charge is 2.12. The molecule has 0 unspecified atom stereocenters. The smallest absolute Gasteiger partial charge is 0.317 e. The second kappa shape index (κ2) is 23.0. The minimum Gasteiger partial charge on any atom is -0.480 e. The van der Waals surface area contributed by atoms with Gasteiger partial charge in [-0.1, -0.05) is 34.1 Å². The number of aliphatic carboxylic acids is 2. The van der Waals surface area contributed by atoms with Crippen LogP contribution in [0.1, 0.15) is 40.5 Å². The quantitative estimate of drug-likeness (QED) is 0.301. The second-order valence-corrected chi connectivity index (χ2v) is 7.03.